The third kappa shape index (κ3) is 5.64. The molecule has 0 radical (unpaired) electrons. The molecule has 0 N–H and O–H groups in total. The van der Waals surface area contributed by atoms with Gasteiger partial charge in [0.1, 0.15) is 11.2 Å². The Morgan fingerprint density at radius 3 is 1.56 bits per heavy atom. The third-order valence-electron chi connectivity index (χ3n) is 13.4. The Balaban J connectivity index is 0.972. The van der Waals surface area contributed by atoms with Crippen LogP contribution in [0.5, 0.6) is 0 Å². The number of rotatable bonds is 7. The number of para-hydroxylation sites is 1. The van der Waals surface area contributed by atoms with Gasteiger partial charge in [0.25, 0.3) is 0 Å². The maximum absolute atomic E-state index is 6.18. The number of thiophene rings is 1. The number of anilines is 3. The van der Waals surface area contributed by atoms with Gasteiger partial charge in [-0.15, -0.1) is 11.3 Å². The van der Waals surface area contributed by atoms with Gasteiger partial charge in [0, 0.05) is 48.0 Å². The highest BCUT2D eigenvalue weighted by Crippen LogP contribution is 2.57. The summed E-state index contributed by atoms with van der Waals surface area (Å²) in [6.07, 6.45) is 0. The van der Waals surface area contributed by atoms with E-state index in [0.717, 1.165) is 50.1 Å². The molecule has 2 nitrogen and oxygen atoms in total. The number of fused-ring (bicyclic) bond motifs is 9. The second kappa shape index (κ2) is 14.6. The summed E-state index contributed by atoms with van der Waals surface area (Å²) in [6.45, 7) is 0. The molecule has 1 aliphatic rings. The molecule has 13 rings (SSSR count). The molecule has 1 aliphatic carbocycles. The molecule has 0 atom stereocenters. The van der Waals surface area contributed by atoms with E-state index in [-0.39, 0.29) is 0 Å². The minimum Gasteiger partial charge on any atom is -0.456 e. The van der Waals surface area contributed by atoms with Crippen LogP contribution >= 0.6 is 11.3 Å². The molecule has 0 spiro atoms. The van der Waals surface area contributed by atoms with Crippen LogP contribution in [0.25, 0.3) is 75.5 Å². The molecule has 0 bridgehead atoms. The van der Waals surface area contributed by atoms with Gasteiger partial charge in [-0.1, -0.05) is 164 Å². The Morgan fingerprint density at radius 1 is 0.328 bits per heavy atom. The molecule has 64 heavy (non-hydrogen) atoms. The first-order valence-corrected chi connectivity index (χ1v) is 22.7. The summed E-state index contributed by atoms with van der Waals surface area (Å²) in [5, 5.41) is 4.89. The average Bonchev–Trinajstić information content (AvgIpc) is 4.03. The van der Waals surface area contributed by atoms with Crippen molar-refractivity contribution in [2.24, 2.45) is 0 Å². The zero-order valence-electron chi connectivity index (χ0n) is 34.8. The van der Waals surface area contributed by atoms with E-state index in [1.807, 2.05) is 23.5 Å². The molecular formula is C61H39NOS. The monoisotopic (exact) mass is 833 g/mol. The summed E-state index contributed by atoms with van der Waals surface area (Å²) in [6, 6.07) is 86.7. The van der Waals surface area contributed by atoms with Crippen LogP contribution in [0.2, 0.25) is 0 Å². The Bertz CT molecular complexity index is 3520. The Hall–Kier alpha value is -7.98. The van der Waals surface area contributed by atoms with E-state index < -0.39 is 5.41 Å². The molecule has 0 saturated carbocycles. The molecule has 0 unspecified atom stereocenters. The lowest BCUT2D eigenvalue weighted by molar-refractivity contribution is 0.669. The number of nitrogens with zero attached hydrogens (tertiary/aromatic N) is 1. The van der Waals surface area contributed by atoms with Crippen LogP contribution in [0.3, 0.4) is 0 Å². The van der Waals surface area contributed by atoms with E-state index in [1.54, 1.807) is 0 Å². The van der Waals surface area contributed by atoms with E-state index in [0.29, 0.717) is 0 Å². The second-order valence-corrected chi connectivity index (χ2v) is 17.9. The Morgan fingerprint density at radius 2 is 0.844 bits per heavy atom. The molecule has 2 aromatic heterocycles. The number of hydrogen-bond donors (Lipinski definition) is 0. The summed E-state index contributed by atoms with van der Waals surface area (Å²) in [5.74, 6) is 0. The molecule has 0 amide bonds. The van der Waals surface area contributed by atoms with Crippen LogP contribution in [0, 0.1) is 0 Å². The van der Waals surface area contributed by atoms with Crippen molar-refractivity contribution in [1.82, 2.24) is 0 Å². The second-order valence-electron chi connectivity index (χ2n) is 16.8. The predicted octanol–water partition coefficient (Wildman–Crippen LogP) is 17.1. The highest BCUT2D eigenvalue weighted by Gasteiger charge is 2.46. The van der Waals surface area contributed by atoms with Crippen molar-refractivity contribution in [1.29, 1.82) is 0 Å². The normalized spacial score (nSPS) is 12.8. The quantitative estimate of drug-likeness (QED) is 0.159. The largest absolute Gasteiger partial charge is 0.456 e. The van der Waals surface area contributed by atoms with Gasteiger partial charge in [0.15, 0.2) is 0 Å². The van der Waals surface area contributed by atoms with Crippen LogP contribution in [0.15, 0.2) is 241 Å². The first kappa shape index (κ1) is 36.7. The Labute approximate surface area is 375 Å². The number of benzene rings is 10. The van der Waals surface area contributed by atoms with Gasteiger partial charge in [0.2, 0.25) is 0 Å². The summed E-state index contributed by atoms with van der Waals surface area (Å²) in [4.78, 5) is 2.42. The van der Waals surface area contributed by atoms with Crippen LogP contribution in [0.4, 0.5) is 17.1 Å². The molecule has 10 aromatic carbocycles. The molecule has 0 fully saturated rings. The zero-order chi connectivity index (χ0) is 42.2. The smallest absolute Gasteiger partial charge is 0.135 e. The maximum Gasteiger partial charge on any atom is 0.135 e. The SMILES string of the molecule is c1ccc(C2(c3ccccc3)c3ccccc3-c3ccc(N(c4ccc(-c5ccc6oc7ccccc7c6c5)cc4)c4ccc(-c5ccc6sc7ccccc7c6c5)cc4)cc32)cc1. The van der Waals surface area contributed by atoms with E-state index in [9.17, 15) is 0 Å². The summed E-state index contributed by atoms with van der Waals surface area (Å²) in [7, 11) is 0. The Kier molecular flexibility index (Phi) is 8.34. The van der Waals surface area contributed by atoms with Crippen molar-refractivity contribution in [2.75, 3.05) is 4.90 Å². The van der Waals surface area contributed by atoms with Crippen LogP contribution in [0.1, 0.15) is 22.3 Å². The van der Waals surface area contributed by atoms with Gasteiger partial charge < -0.3 is 9.32 Å². The van der Waals surface area contributed by atoms with Crippen molar-refractivity contribution in [3.05, 3.63) is 259 Å². The fourth-order valence-corrected chi connectivity index (χ4v) is 11.5. The van der Waals surface area contributed by atoms with Gasteiger partial charge >= 0.3 is 0 Å². The number of hydrogen-bond acceptors (Lipinski definition) is 3. The van der Waals surface area contributed by atoms with E-state index in [2.05, 4.69) is 229 Å². The fraction of sp³-hybridized carbons (Fsp3) is 0.0164. The molecule has 0 saturated heterocycles. The highest BCUT2D eigenvalue weighted by atomic mass is 32.1. The first-order chi connectivity index (χ1) is 31.7. The predicted molar refractivity (Wildman–Crippen MR) is 269 cm³/mol. The van der Waals surface area contributed by atoms with E-state index in [1.165, 1.54) is 64.7 Å². The number of furan rings is 1. The van der Waals surface area contributed by atoms with Gasteiger partial charge in [-0.05, 0) is 128 Å². The topological polar surface area (TPSA) is 16.4 Å². The summed E-state index contributed by atoms with van der Waals surface area (Å²) >= 11 is 1.86. The van der Waals surface area contributed by atoms with Crippen LogP contribution in [-0.2, 0) is 5.41 Å². The van der Waals surface area contributed by atoms with Crippen molar-refractivity contribution >= 4 is 70.5 Å². The first-order valence-electron chi connectivity index (χ1n) is 21.9. The van der Waals surface area contributed by atoms with E-state index >= 15 is 0 Å². The zero-order valence-corrected chi connectivity index (χ0v) is 35.6. The van der Waals surface area contributed by atoms with Crippen molar-refractivity contribution in [3.63, 3.8) is 0 Å². The minimum atomic E-state index is -0.510. The molecule has 300 valence electrons. The fourth-order valence-electron chi connectivity index (χ4n) is 10.4. The van der Waals surface area contributed by atoms with Gasteiger partial charge in [-0.25, -0.2) is 0 Å². The van der Waals surface area contributed by atoms with E-state index in [4.69, 9.17) is 4.42 Å². The third-order valence-corrected chi connectivity index (χ3v) is 14.5. The lowest BCUT2D eigenvalue weighted by atomic mass is 9.67. The van der Waals surface area contributed by atoms with Crippen LogP contribution in [-0.4, -0.2) is 0 Å². The van der Waals surface area contributed by atoms with Crippen LogP contribution < -0.4 is 4.90 Å². The maximum atomic E-state index is 6.18. The van der Waals surface area contributed by atoms with Gasteiger partial charge in [-0.2, -0.15) is 0 Å². The van der Waals surface area contributed by atoms with Crippen molar-refractivity contribution < 1.29 is 4.42 Å². The molecule has 3 heteroatoms. The standard InChI is InChI=1S/C61H39NOS/c1-3-13-44(14-4-1)61(45-15-5-2-6-16-45)55-20-10-7-17-49(55)50-34-33-48(39-56(50)61)62(46-29-23-40(24-30-46)42-27-35-58-53(37-42)51-18-8-11-21-57(51)63-58)47-31-25-41(26-32-47)43-28-36-60-54(38-43)52-19-9-12-22-59(52)64-60/h1-39H. The highest BCUT2D eigenvalue weighted by molar-refractivity contribution is 7.25. The van der Waals surface area contributed by atoms with Gasteiger partial charge in [-0.3, -0.25) is 0 Å². The lowest BCUT2D eigenvalue weighted by Crippen LogP contribution is -2.28. The molecule has 0 aliphatic heterocycles. The molecular weight excluding hydrogens is 795 g/mol. The van der Waals surface area contributed by atoms with Crippen molar-refractivity contribution in [3.8, 4) is 33.4 Å². The molecule has 12 aromatic rings. The summed E-state index contributed by atoms with van der Waals surface area (Å²) < 4.78 is 8.81. The average molecular weight is 834 g/mol. The van der Waals surface area contributed by atoms with Crippen molar-refractivity contribution in [2.45, 2.75) is 5.41 Å². The molecule has 2 heterocycles. The lowest BCUT2D eigenvalue weighted by Gasteiger charge is -2.35. The minimum absolute atomic E-state index is 0.510. The summed E-state index contributed by atoms with van der Waals surface area (Å²) in [5.41, 5.74) is 16.9. The van der Waals surface area contributed by atoms with Gasteiger partial charge in [0.05, 0.1) is 5.41 Å².